The lowest BCUT2D eigenvalue weighted by molar-refractivity contribution is -0.123. The van der Waals surface area contributed by atoms with Crippen LogP contribution in [-0.4, -0.2) is 78.4 Å². The maximum Gasteiger partial charge on any atom is 0.408 e. The van der Waals surface area contributed by atoms with Crippen LogP contribution in [0.25, 0.3) is 0 Å². The van der Waals surface area contributed by atoms with Crippen LogP contribution < -0.4 is 21.3 Å². The fourth-order valence-electron chi connectivity index (χ4n) is 7.20. The van der Waals surface area contributed by atoms with Gasteiger partial charge in [-0.05, 0) is 138 Å². The van der Waals surface area contributed by atoms with Crippen molar-refractivity contribution in [3.05, 3.63) is 154 Å². The third-order valence-electron chi connectivity index (χ3n) is 10.8. The highest BCUT2D eigenvalue weighted by atomic mass is 79.9. The van der Waals surface area contributed by atoms with Crippen LogP contribution in [0.4, 0.5) is 9.59 Å². The number of amides is 4. The number of benzene rings is 5. The van der Waals surface area contributed by atoms with Crippen LogP contribution in [0.3, 0.4) is 0 Å². The number of ketones is 2. The van der Waals surface area contributed by atoms with E-state index in [2.05, 4.69) is 85.0 Å². The highest BCUT2D eigenvalue weighted by molar-refractivity contribution is 9.11. The molecule has 362 valence electrons. The molecule has 0 saturated heterocycles. The van der Waals surface area contributed by atoms with Crippen molar-refractivity contribution < 1.29 is 61.1 Å². The molecule has 1 aliphatic rings. The normalized spacial score (nSPS) is 15.0. The first-order valence-corrected chi connectivity index (χ1v) is 25.3. The fourth-order valence-corrected chi connectivity index (χ4v) is 11.2. The number of ether oxygens (including phenoxy) is 2. The minimum Gasteiger partial charge on any atom is -0.506 e. The van der Waals surface area contributed by atoms with Gasteiger partial charge < -0.3 is 41.0 Å². The predicted molar refractivity (Wildman–Crippen MR) is 264 cm³/mol. The van der Waals surface area contributed by atoms with E-state index in [1.807, 2.05) is 0 Å². The van der Waals surface area contributed by atoms with Crippen molar-refractivity contribution in [1.29, 1.82) is 0 Å². The van der Waals surface area contributed by atoms with Gasteiger partial charge in [-0.1, -0.05) is 72.8 Å². The highest BCUT2D eigenvalue weighted by Crippen LogP contribution is 2.55. The quantitative estimate of drug-likeness (QED) is 0.0403. The minimum absolute atomic E-state index is 0.0770. The first-order chi connectivity index (χ1) is 32.5. The number of carbonyl (C=O) groups is 6. The number of halogens is 4. The van der Waals surface area contributed by atoms with E-state index < -0.39 is 91.5 Å². The molecule has 69 heavy (non-hydrogen) atoms. The van der Waals surface area contributed by atoms with E-state index in [4.69, 9.17) is 13.7 Å². The number of Topliss-reactive ketones (excluding diaryl/α,β-unsaturated/α-hetero) is 2. The second-order valence-electron chi connectivity index (χ2n) is 15.7. The van der Waals surface area contributed by atoms with Gasteiger partial charge in [-0.2, -0.15) is 8.42 Å². The molecule has 5 aromatic carbocycles. The number of hydrogen-bond acceptors (Lipinski definition) is 13. The van der Waals surface area contributed by atoms with Gasteiger partial charge in [0.15, 0.2) is 17.2 Å². The van der Waals surface area contributed by atoms with Crippen molar-refractivity contribution in [3.63, 3.8) is 0 Å². The Hall–Kier alpha value is -5.65. The largest absolute Gasteiger partial charge is 0.506 e. The van der Waals surface area contributed by atoms with Gasteiger partial charge >= 0.3 is 12.2 Å². The third kappa shape index (κ3) is 11.7. The van der Waals surface area contributed by atoms with Crippen LogP contribution in [0.15, 0.2) is 120 Å². The Kier molecular flexibility index (Phi) is 16.8. The molecule has 5 aromatic rings. The standard InChI is InChI=1S/C47H42Br4N4O13S/c1-23(52-43(60)25(3)54-45(62)66-21-27-11-7-5-8-12-27)38(56)31-15-16-32-42(37(31)39(57)24(2)53-44(61)26(4)55-46(63)67-22-28-13-9-6-10-14-28)69(64,65)68-47(32,29-17-33(48)40(58)34(49)18-29)30-19-35(50)41(59)36(51)20-30/h5-20,23-26,58-59H,21-22H2,1-4H3,(H,52,60)(H,53,61)(H,54,62)(H,55,63)/t23-,24-,25-,26-/m0/s1. The molecule has 6 rings (SSSR count). The van der Waals surface area contributed by atoms with Crippen LogP contribution in [0, 0.1) is 0 Å². The molecule has 17 nitrogen and oxygen atoms in total. The number of alkyl carbamates (subject to hydrolysis) is 2. The summed E-state index contributed by atoms with van der Waals surface area (Å²) in [6.07, 6.45) is -1.87. The maximum atomic E-state index is 14.9. The van der Waals surface area contributed by atoms with Gasteiger partial charge in [0, 0.05) is 11.1 Å². The van der Waals surface area contributed by atoms with Gasteiger partial charge in [0.1, 0.15) is 41.7 Å². The summed E-state index contributed by atoms with van der Waals surface area (Å²) in [6, 6.07) is 19.9. The van der Waals surface area contributed by atoms with Crippen LogP contribution >= 0.6 is 63.7 Å². The molecular formula is C47H42Br4N4O13S. The second kappa shape index (κ2) is 22.0. The molecule has 0 aliphatic carbocycles. The molecule has 1 aliphatic heterocycles. The van der Waals surface area contributed by atoms with Gasteiger partial charge in [-0.15, -0.1) is 0 Å². The molecular weight excluding hydrogens is 1180 g/mol. The molecule has 0 bridgehead atoms. The molecule has 0 fully saturated rings. The Morgan fingerprint density at radius 1 is 0.580 bits per heavy atom. The SMILES string of the molecule is C[C@H](NC(=O)OCc1ccccc1)C(=O)N[C@@H](C)C(=O)c1ccc2c(c1C(=O)[C@H](C)NC(=O)[C@H](C)NC(=O)OCc1ccccc1)S(=O)(=O)OC2(c1cc(Br)c(O)c(Br)c1)c1cc(Br)c(O)c(Br)c1. The maximum absolute atomic E-state index is 14.9. The fraction of sp³-hybridized carbons (Fsp3) is 0.234. The second-order valence-corrected chi connectivity index (χ2v) is 20.6. The van der Waals surface area contributed by atoms with E-state index in [-0.39, 0.29) is 59.3 Å². The molecule has 0 unspecified atom stereocenters. The Bertz CT molecular complexity index is 2860. The van der Waals surface area contributed by atoms with Crippen LogP contribution in [0.5, 0.6) is 11.5 Å². The highest BCUT2D eigenvalue weighted by Gasteiger charge is 2.55. The van der Waals surface area contributed by atoms with E-state index in [0.29, 0.717) is 11.1 Å². The van der Waals surface area contributed by atoms with Crippen molar-refractivity contribution in [2.45, 2.75) is 75.6 Å². The Morgan fingerprint density at radius 3 is 1.38 bits per heavy atom. The smallest absolute Gasteiger partial charge is 0.408 e. The van der Waals surface area contributed by atoms with Crippen molar-refractivity contribution in [1.82, 2.24) is 21.3 Å². The zero-order valence-corrected chi connectivity index (χ0v) is 43.9. The lowest BCUT2D eigenvalue weighted by atomic mass is 9.78. The number of aromatic hydroxyl groups is 2. The Balaban J connectivity index is 1.40. The summed E-state index contributed by atoms with van der Waals surface area (Å²) in [7, 11) is -5.13. The summed E-state index contributed by atoms with van der Waals surface area (Å²) < 4.78 is 46.6. The van der Waals surface area contributed by atoms with E-state index in [1.54, 1.807) is 60.7 Å². The topological polar surface area (TPSA) is 253 Å². The third-order valence-corrected chi connectivity index (χ3v) is 14.6. The van der Waals surface area contributed by atoms with Gasteiger partial charge in [-0.3, -0.25) is 19.2 Å². The molecule has 0 saturated carbocycles. The number of nitrogens with one attached hydrogen (secondary N) is 4. The van der Waals surface area contributed by atoms with Gasteiger partial charge in [0.25, 0.3) is 10.1 Å². The first kappa shape index (κ1) is 52.7. The average molecular weight is 1220 g/mol. The van der Waals surface area contributed by atoms with Gasteiger partial charge in [-0.25, -0.2) is 13.8 Å². The van der Waals surface area contributed by atoms with Crippen molar-refractivity contribution in [2.24, 2.45) is 0 Å². The average Bonchev–Trinajstić information content (AvgIpc) is 3.57. The van der Waals surface area contributed by atoms with Crippen LogP contribution in [-0.2, 0) is 52.2 Å². The summed E-state index contributed by atoms with van der Waals surface area (Å²) in [5, 5.41) is 31.2. The number of phenols is 2. The molecule has 0 radical (unpaired) electrons. The predicted octanol–water partition coefficient (Wildman–Crippen LogP) is 8.16. The van der Waals surface area contributed by atoms with Gasteiger partial charge in [0.2, 0.25) is 11.8 Å². The number of carbonyl (C=O) groups excluding carboxylic acids is 6. The lowest BCUT2D eigenvalue weighted by Crippen LogP contribution is -2.50. The number of rotatable bonds is 16. The molecule has 4 atom stereocenters. The van der Waals surface area contributed by atoms with E-state index in [9.17, 15) is 47.4 Å². The van der Waals surface area contributed by atoms with Crippen molar-refractivity contribution in [2.75, 3.05) is 0 Å². The zero-order valence-electron chi connectivity index (χ0n) is 36.8. The molecule has 22 heteroatoms. The van der Waals surface area contributed by atoms with Crippen molar-refractivity contribution in [3.8, 4) is 11.5 Å². The number of hydrogen-bond donors (Lipinski definition) is 6. The minimum atomic E-state index is -5.13. The summed E-state index contributed by atoms with van der Waals surface area (Å²) in [4.78, 5) is 80.9. The Morgan fingerprint density at radius 2 is 0.971 bits per heavy atom. The molecule has 6 N–H and O–H groups in total. The number of fused-ring (bicyclic) bond motifs is 1. The van der Waals surface area contributed by atoms with E-state index in [1.165, 1.54) is 64.1 Å². The molecule has 1 heterocycles. The first-order valence-electron chi connectivity index (χ1n) is 20.7. The van der Waals surface area contributed by atoms with Crippen LogP contribution in [0.2, 0.25) is 0 Å². The summed E-state index contributed by atoms with van der Waals surface area (Å²) >= 11 is 13.2. The molecule has 0 spiro atoms. The summed E-state index contributed by atoms with van der Waals surface area (Å²) in [6.45, 7) is 5.00. The Labute approximate surface area is 429 Å². The van der Waals surface area contributed by atoms with Crippen molar-refractivity contribution >= 4 is 109 Å². The lowest BCUT2D eigenvalue weighted by Gasteiger charge is -2.31. The van der Waals surface area contributed by atoms with Gasteiger partial charge in [0.05, 0.1) is 35.5 Å². The zero-order chi connectivity index (χ0) is 50.5. The monoisotopic (exact) mass is 1220 g/mol. The summed E-state index contributed by atoms with van der Waals surface area (Å²) in [5.41, 5.74) is -2.10. The summed E-state index contributed by atoms with van der Waals surface area (Å²) in [5.74, 6) is -4.27. The van der Waals surface area contributed by atoms with E-state index >= 15 is 0 Å². The number of phenolic OH excluding ortho intramolecular Hbond substituents is 2. The molecule has 0 aromatic heterocycles. The van der Waals surface area contributed by atoms with E-state index in [0.717, 1.165) is 0 Å². The molecule has 4 amide bonds. The van der Waals surface area contributed by atoms with Crippen LogP contribution in [0.1, 0.15) is 76.2 Å².